The summed E-state index contributed by atoms with van der Waals surface area (Å²) in [6.07, 6.45) is 1.41. The molecule has 4 nitrogen and oxygen atoms in total. The molecule has 94 valence electrons. The number of halogens is 2. The number of ether oxygens (including phenoxy) is 1. The molecule has 2 aromatic rings. The van der Waals surface area contributed by atoms with Gasteiger partial charge in [-0.15, -0.1) is 5.10 Å². The van der Waals surface area contributed by atoms with E-state index in [1.54, 1.807) is 12.1 Å². The second-order valence-corrected chi connectivity index (χ2v) is 4.49. The van der Waals surface area contributed by atoms with Crippen LogP contribution in [0, 0.1) is 5.82 Å². The number of morpholine rings is 1. The summed E-state index contributed by atoms with van der Waals surface area (Å²) in [4.78, 5) is 1.95. The molecular weight excluding hydrogens is 257 g/mol. The summed E-state index contributed by atoms with van der Waals surface area (Å²) in [6, 6.07) is 3.51. The van der Waals surface area contributed by atoms with Crippen LogP contribution >= 0.6 is 11.6 Å². The summed E-state index contributed by atoms with van der Waals surface area (Å²) in [5.74, 6) is -0.371. The van der Waals surface area contributed by atoms with Crippen LogP contribution in [-0.4, -0.2) is 36.5 Å². The third kappa shape index (κ3) is 1.89. The van der Waals surface area contributed by atoms with Crippen LogP contribution in [0.5, 0.6) is 0 Å². The summed E-state index contributed by atoms with van der Waals surface area (Å²) in [5.41, 5.74) is 0.744. The fourth-order valence-corrected chi connectivity index (χ4v) is 2.30. The molecule has 0 atom stereocenters. The summed E-state index contributed by atoms with van der Waals surface area (Å²) in [6.45, 7) is 2.57. The van der Waals surface area contributed by atoms with Crippen LogP contribution in [0.15, 0.2) is 18.3 Å². The smallest absolute Gasteiger partial charge is 0.174 e. The number of hydrogen-bond acceptors (Lipinski definition) is 4. The van der Waals surface area contributed by atoms with Crippen LogP contribution in [0.1, 0.15) is 0 Å². The van der Waals surface area contributed by atoms with Crippen molar-refractivity contribution in [2.45, 2.75) is 0 Å². The zero-order valence-electron chi connectivity index (χ0n) is 9.57. The van der Waals surface area contributed by atoms with Crippen LogP contribution in [0.3, 0.4) is 0 Å². The molecule has 1 aromatic carbocycles. The Morgan fingerprint density at radius 1 is 1.28 bits per heavy atom. The third-order valence-electron chi connectivity index (χ3n) is 3.03. The van der Waals surface area contributed by atoms with Crippen molar-refractivity contribution in [1.82, 2.24) is 10.2 Å². The summed E-state index contributed by atoms with van der Waals surface area (Å²) in [7, 11) is 0. The Morgan fingerprint density at radius 3 is 2.83 bits per heavy atom. The normalized spacial score (nSPS) is 16.2. The van der Waals surface area contributed by atoms with E-state index < -0.39 is 0 Å². The molecular formula is C12H11ClFN3O. The maximum Gasteiger partial charge on any atom is 0.174 e. The average molecular weight is 268 g/mol. The molecule has 2 heterocycles. The maximum absolute atomic E-state index is 14.4. The van der Waals surface area contributed by atoms with E-state index in [1.165, 1.54) is 6.20 Å². The van der Waals surface area contributed by atoms with Crippen LogP contribution in [0.4, 0.5) is 10.1 Å². The molecule has 0 bridgehead atoms. The van der Waals surface area contributed by atoms with E-state index in [-0.39, 0.29) is 11.3 Å². The zero-order valence-corrected chi connectivity index (χ0v) is 10.3. The molecule has 0 unspecified atom stereocenters. The van der Waals surface area contributed by atoms with Crippen LogP contribution in [0.2, 0.25) is 5.02 Å². The van der Waals surface area contributed by atoms with Gasteiger partial charge in [0.25, 0.3) is 0 Å². The highest BCUT2D eigenvalue weighted by Gasteiger charge is 2.18. The van der Waals surface area contributed by atoms with E-state index in [2.05, 4.69) is 10.2 Å². The van der Waals surface area contributed by atoms with Gasteiger partial charge < -0.3 is 9.64 Å². The standard InChI is InChI=1S/C12H11ClFN3O/c13-9-7-15-16-12-8(9)1-2-10(11(12)14)17-3-5-18-6-4-17/h1-2,7H,3-6H2. The number of anilines is 1. The SMILES string of the molecule is Fc1c(N2CCOCC2)ccc2c(Cl)cnnc12. The van der Waals surface area contributed by atoms with Gasteiger partial charge in [0.2, 0.25) is 0 Å². The molecule has 18 heavy (non-hydrogen) atoms. The fraction of sp³-hybridized carbons (Fsp3) is 0.333. The van der Waals surface area contributed by atoms with E-state index in [9.17, 15) is 4.39 Å². The molecule has 1 fully saturated rings. The highest BCUT2D eigenvalue weighted by molar-refractivity contribution is 6.35. The maximum atomic E-state index is 14.4. The third-order valence-corrected chi connectivity index (χ3v) is 3.33. The van der Waals surface area contributed by atoms with Gasteiger partial charge >= 0.3 is 0 Å². The number of rotatable bonds is 1. The average Bonchev–Trinajstić information content (AvgIpc) is 2.41. The Kier molecular flexibility index (Phi) is 3.01. The molecule has 1 saturated heterocycles. The minimum absolute atomic E-state index is 0.214. The Labute approximate surface area is 108 Å². The lowest BCUT2D eigenvalue weighted by Crippen LogP contribution is -2.36. The molecule has 0 radical (unpaired) electrons. The van der Waals surface area contributed by atoms with Crippen molar-refractivity contribution in [3.05, 3.63) is 29.2 Å². The Hall–Kier alpha value is -1.46. The molecule has 0 amide bonds. The van der Waals surface area contributed by atoms with E-state index in [0.29, 0.717) is 42.4 Å². The van der Waals surface area contributed by atoms with E-state index in [0.717, 1.165) is 0 Å². The lowest BCUT2D eigenvalue weighted by atomic mass is 10.2. The highest BCUT2D eigenvalue weighted by Crippen LogP contribution is 2.29. The molecule has 1 aromatic heterocycles. The van der Waals surface area contributed by atoms with Gasteiger partial charge in [-0.25, -0.2) is 4.39 Å². The van der Waals surface area contributed by atoms with E-state index in [1.807, 2.05) is 4.90 Å². The number of aromatic nitrogens is 2. The Balaban J connectivity index is 2.11. The zero-order chi connectivity index (χ0) is 12.5. The number of fused-ring (bicyclic) bond motifs is 1. The first-order valence-corrected chi connectivity index (χ1v) is 6.07. The lowest BCUT2D eigenvalue weighted by Gasteiger charge is -2.29. The van der Waals surface area contributed by atoms with Gasteiger partial charge in [0.1, 0.15) is 5.52 Å². The largest absolute Gasteiger partial charge is 0.378 e. The van der Waals surface area contributed by atoms with Crippen LogP contribution in [0.25, 0.3) is 10.9 Å². The first kappa shape index (κ1) is 11.6. The quantitative estimate of drug-likeness (QED) is 0.794. The number of benzene rings is 1. The van der Waals surface area contributed by atoms with Gasteiger partial charge in [0, 0.05) is 18.5 Å². The highest BCUT2D eigenvalue weighted by atomic mass is 35.5. The molecule has 1 aliphatic heterocycles. The van der Waals surface area contributed by atoms with Gasteiger partial charge in [-0.2, -0.15) is 5.10 Å². The van der Waals surface area contributed by atoms with Gasteiger partial charge in [0.05, 0.1) is 30.1 Å². The predicted molar refractivity (Wildman–Crippen MR) is 67.5 cm³/mol. The van der Waals surface area contributed by atoms with Crippen LogP contribution in [-0.2, 0) is 4.74 Å². The second kappa shape index (κ2) is 4.66. The van der Waals surface area contributed by atoms with E-state index >= 15 is 0 Å². The first-order chi connectivity index (χ1) is 8.77. The molecule has 0 aliphatic carbocycles. The second-order valence-electron chi connectivity index (χ2n) is 4.09. The van der Waals surface area contributed by atoms with Gasteiger partial charge in [-0.1, -0.05) is 11.6 Å². The van der Waals surface area contributed by atoms with Gasteiger partial charge in [-0.05, 0) is 12.1 Å². The van der Waals surface area contributed by atoms with Crippen molar-refractivity contribution in [3.63, 3.8) is 0 Å². The first-order valence-electron chi connectivity index (χ1n) is 5.69. The van der Waals surface area contributed by atoms with Crippen molar-refractivity contribution >= 4 is 28.2 Å². The van der Waals surface area contributed by atoms with E-state index in [4.69, 9.17) is 16.3 Å². The summed E-state index contributed by atoms with van der Waals surface area (Å²) in [5, 5.41) is 8.52. The summed E-state index contributed by atoms with van der Waals surface area (Å²) < 4.78 is 19.6. The Bertz CT molecular complexity index is 587. The molecule has 6 heteroatoms. The topological polar surface area (TPSA) is 38.2 Å². The lowest BCUT2D eigenvalue weighted by molar-refractivity contribution is 0.122. The molecule has 3 rings (SSSR count). The predicted octanol–water partition coefficient (Wildman–Crippen LogP) is 2.26. The van der Waals surface area contributed by atoms with Crippen LogP contribution < -0.4 is 4.90 Å². The van der Waals surface area contributed by atoms with Crippen molar-refractivity contribution in [3.8, 4) is 0 Å². The van der Waals surface area contributed by atoms with Crippen molar-refractivity contribution in [1.29, 1.82) is 0 Å². The minimum Gasteiger partial charge on any atom is -0.378 e. The fourth-order valence-electron chi connectivity index (χ4n) is 2.10. The Morgan fingerprint density at radius 2 is 2.06 bits per heavy atom. The summed E-state index contributed by atoms with van der Waals surface area (Å²) >= 11 is 5.96. The number of hydrogen-bond donors (Lipinski definition) is 0. The minimum atomic E-state index is -0.371. The molecule has 0 saturated carbocycles. The monoisotopic (exact) mass is 267 g/mol. The van der Waals surface area contributed by atoms with Crippen molar-refractivity contribution in [2.75, 3.05) is 31.2 Å². The van der Waals surface area contributed by atoms with Crippen molar-refractivity contribution < 1.29 is 9.13 Å². The molecule has 0 N–H and O–H groups in total. The molecule has 1 aliphatic rings. The van der Waals surface area contributed by atoms with Crippen molar-refractivity contribution in [2.24, 2.45) is 0 Å². The van der Waals surface area contributed by atoms with Gasteiger partial charge in [-0.3, -0.25) is 0 Å². The molecule has 0 spiro atoms. The number of nitrogens with zero attached hydrogens (tertiary/aromatic N) is 3. The van der Waals surface area contributed by atoms with Gasteiger partial charge in [0.15, 0.2) is 5.82 Å².